The molecule has 5 nitrogen and oxygen atoms in total. The lowest BCUT2D eigenvalue weighted by atomic mass is 10.2. The van der Waals surface area contributed by atoms with Gasteiger partial charge in [-0.1, -0.05) is 70.3 Å². The fraction of sp³-hybridized carbons (Fsp3) is 0.111. The lowest BCUT2D eigenvalue weighted by Gasteiger charge is -2.13. The van der Waals surface area contributed by atoms with Crippen molar-refractivity contribution in [1.29, 1.82) is 0 Å². The molecule has 0 radical (unpaired) electrons. The monoisotopic (exact) mass is 400 g/mol. The maximum atomic E-state index is 13.0. The molecule has 2 heterocycles. The van der Waals surface area contributed by atoms with E-state index in [1.54, 1.807) is 4.57 Å². The van der Waals surface area contributed by atoms with Gasteiger partial charge in [0.15, 0.2) is 5.16 Å². The number of nitrogens with zero attached hydrogens (tertiary/aromatic N) is 4. The Bertz CT molecular complexity index is 1110. The molecule has 4 aromatic rings. The van der Waals surface area contributed by atoms with Crippen LogP contribution < -0.4 is 5.56 Å². The van der Waals surface area contributed by atoms with Gasteiger partial charge in [0.05, 0.1) is 17.4 Å². The van der Waals surface area contributed by atoms with Gasteiger partial charge in [-0.05, 0) is 17.7 Å². The molecule has 0 aliphatic rings. The third kappa shape index (κ3) is 3.51. The molecule has 0 unspecified atom stereocenters. The van der Waals surface area contributed by atoms with E-state index in [0.717, 1.165) is 17.1 Å². The van der Waals surface area contributed by atoms with Gasteiger partial charge >= 0.3 is 0 Å². The second kappa shape index (κ2) is 7.57. The zero-order chi connectivity index (χ0) is 17.9. The molecule has 2 aromatic carbocycles. The molecular weight excluding hydrogens is 388 g/mol. The standard InChI is InChI=1S/C18H13ClN4OS2/c19-16-15(21-22-26-16)11-25-18-20-14-9-5-4-8-13(14)17(24)23(18)10-12-6-2-1-3-7-12/h1-9H,10-11H2. The maximum absolute atomic E-state index is 13.0. The third-order valence-corrected chi connectivity index (χ3v) is 5.83. The van der Waals surface area contributed by atoms with Crippen LogP contribution in [0.15, 0.2) is 64.5 Å². The first-order valence-corrected chi connectivity index (χ1v) is 9.99. The molecule has 0 N–H and O–H groups in total. The Hall–Kier alpha value is -2.22. The smallest absolute Gasteiger partial charge is 0.262 e. The number of fused-ring (bicyclic) bond motifs is 1. The van der Waals surface area contributed by atoms with Crippen molar-refractivity contribution < 1.29 is 0 Å². The number of hydrogen-bond acceptors (Lipinski definition) is 6. The van der Waals surface area contributed by atoms with Crippen LogP contribution in [-0.4, -0.2) is 19.1 Å². The maximum Gasteiger partial charge on any atom is 0.262 e. The van der Waals surface area contributed by atoms with Gasteiger partial charge in [-0.15, -0.1) is 5.10 Å². The van der Waals surface area contributed by atoms with Gasteiger partial charge in [-0.25, -0.2) is 4.98 Å². The van der Waals surface area contributed by atoms with Crippen LogP contribution in [0.25, 0.3) is 10.9 Å². The molecule has 0 bridgehead atoms. The van der Waals surface area contributed by atoms with E-state index < -0.39 is 0 Å². The molecule has 2 aromatic heterocycles. The summed E-state index contributed by atoms with van der Waals surface area (Å²) in [5.41, 5.74) is 2.38. The number of benzene rings is 2. The van der Waals surface area contributed by atoms with Crippen LogP contribution in [-0.2, 0) is 12.3 Å². The number of para-hydroxylation sites is 1. The van der Waals surface area contributed by atoms with Crippen molar-refractivity contribution in [2.45, 2.75) is 17.5 Å². The zero-order valence-corrected chi connectivity index (χ0v) is 15.9. The van der Waals surface area contributed by atoms with Crippen LogP contribution in [0.1, 0.15) is 11.3 Å². The largest absolute Gasteiger partial charge is 0.283 e. The van der Waals surface area contributed by atoms with Crippen molar-refractivity contribution in [3.63, 3.8) is 0 Å². The van der Waals surface area contributed by atoms with Crippen molar-refractivity contribution in [3.8, 4) is 0 Å². The summed E-state index contributed by atoms with van der Waals surface area (Å²) in [7, 11) is 0. The van der Waals surface area contributed by atoms with Gasteiger partial charge in [0.1, 0.15) is 10.0 Å². The Morgan fingerprint density at radius 1 is 1.08 bits per heavy atom. The van der Waals surface area contributed by atoms with E-state index in [2.05, 4.69) is 9.59 Å². The van der Waals surface area contributed by atoms with E-state index in [1.165, 1.54) is 11.8 Å². The first kappa shape index (κ1) is 17.2. The first-order chi connectivity index (χ1) is 12.7. The Balaban J connectivity index is 1.77. The summed E-state index contributed by atoms with van der Waals surface area (Å²) in [6.45, 7) is 0.461. The number of hydrogen-bond donors (Lipinski definition) is 0. The molecule has 0 fully saturated rings. The Kier molecular flexibility index (Phi) is 5.01. The molecule has 8 heteroatoms. The van der Waals surface area contributed by atoms with Crippen molar-refractivity contribution >= 4 is 45.8 Å². The summed E-state index contributed by atoms with van der Waals surface area (Å²) >= 11 is 8.69. The molecule has 4 rings (SSSR count). The van der Waals surface area contributed by atoms with Crippen molar-refractivity contribution in [1.82, 2.24) is 19.1 Å². The van der Waals surface area contributed by atoms with Crippen LogP contribution in [0, 0.1) is 0 Å². The molecule has 0 saturated heterocycles. The van der Waals surface area contributed by atoms with E-state index in [0.29, 0.717) is 38.4 Å². The quantitative estimate of drug-likeness (QED) is 0.370. The molecule has 26 heavy (non-hydrogen) atoms. The minimum atomic E-state index is -0.0514. The van der Waals surface area contributed by atoms with Crippen LogP contribution in [0.5, 0.6) is 0 Å². The average molecular weight is 401 g/mol. The Morgan fingerprint density at radius 2 is 1.85 bits per heavy atom. The Morgan fingerprint density at radius 3 is 2.62 bits per heavy atom. The molecule has 0 aliphatic carbocycles. The summed E-state index contributed by atoms with van der Waals surface area (Å²) in [5, 5.41) is 5.28. The molecule has 0 saturated carbocycles. The van der Waals surface area contributed by atoms with E-state index in [9.17, 15) is 4.79 Å². The minimum absolute atomic E-state index is 0.0514. The lowest BCUT2D eigenvalue weighted by molar-refractivity contribution is 0.658. The molecule has 130 valence electrons. The van der Waals surface area contributed by atoms with Gasteiger partial charge in [-0.2, -0.15) is 0 Å². The highest BCUT2D eigenvalue weighted by Crippen LogP contribution is 2.26. The van der Waals surface area contributed by atoms with Gasteiger partial charge < -0.3 is 0 Å². The summed E-state index contributed by atoms with van der Waals surface area (Å²) in [4.78, 5) is 17.7. The first-order valence-electron chi connectivity index (χ1n) is 7.85. The highest BCUT2D eigenvalue weighted by molar-refractivity contribution is 7.98. The predicted octanol–water partition coefficient (Wildman–Crippen LogP) is 4.24. The molecule has 0 atom stereocenters. The van der Waals surface area contributed by atoms with Gasteiger partial charge in [0, 0.05) is 17.3 Å². The van der Waals surface area contributed by atoms with Crippen LogP contribution in [0.4, 0.5) is 0 Å². The summed E-state index contributed by atoms with van der Waals surface area (Å²) in [5.74, 6) is 0.509. The lowest BCUT2D eigenvalue weighted by Crippen LogP contribution is -2.24. The number of rotatable bonds is 5. The molecule has 0 spiro atoms. The summed E-state index contributed by atoms with van der Waals surface area (Å²) < 4.78 is 6.12. The topological polar surface area (TPSA) is 60.7 Å². The normalized spacial score (nSPS) is 11.1. The highest BCUT2D eigenvalue weighted by Gasteiger charge is 2.14. The van der Waals surface area contributed by atoms with E-state index in [1.807, 2.05) is 54.6 Å². The van der Waals surface area contributed by atoms with Crippen LogP contribution in [0.2, 0.25) is 4.34 Å². The number of aromatic nitrogens is 4. The second-order valence-corrected chi connectivity index (χ2v) is 7.87. The van der Waals surface area contributed by atoms with Gasteiger partial charge in [0.2, 0.25) is 0 Å². The van der Waals surface area contributed by atoms with Crippen molar-refractivity contribution in [3.05, 3.63) is 80.5 Å². The van der Waals surface area contributed by atoms with Gasteiger partial charge in [0.25, 0.3) is 5.56 Å². The Labute approximate surface area is 162 Å². The third-order valence-electron chi connectivity index (χ3n) is 3.86. The fourth-order valence-corrected chi connectivity index (χ4v) is 4.31. The zero-order valence-electron chi connectivity index (χ0n) is 13.5. The average Bonchev–Trinajstić information content (AvgIpc) is 3.08. The molecule has 0 aliphatic heterocycles. The number of halogens is 1. The van der Waals surface area contributed by atoms with Gasteiger partial charge in [-0.3, -0.25) is 9.36 Å². The van der Waals surface area contributed by atoms with Crippen LogP contribution >= 0.6 is 34.9 Å². The fourth-order valence-electron chi connectivity index (χ4n) is 2.58. The highest BCUT2D eigenvalue weighted by atomic mass is 35.5. The van der Waals surface area contributed by atoms with E-state index in [4.69, 9.17) is 16.6 Å². The van der Waals surface area contributed by atoms with Crippen molar-refractivity contribution in [2.75, 3.05) is 0 Å². The summed E-state index contributed by atoms with van der Waals surface area (Å²) in [6, 6.07) is 17.3. The SMILES string of the molecule is O=c1c2ccccc2nc(SCc2nnsc2Cl)n1Cc1ccccc1. The van der Waals surface area contributed by atoms with Crippen LogP contribution in [0.3, 0.4) is 0 Å². The van der Waals surface area contributed by atoms with E-state index >= 15 is 0 Å². The second-order valence-electron chi connectivity index (χ2n) is 5.57. The number of thioether (sulfide) groups is 1. The predicted molar refractivity (Wildman–Crippen MR) is 106 cm³/mol. The van der Waals surface area contributed by atoms with E-state index in [-0.39, 0.29) is 5.56 Å². The summed E-state index contributed by atoms with van der Waals surface area (Å²) in [6.07, 6.45) is 0. The minimum Gasteiger partial charge on any atom is -0.283 e. The molecule has 0 amide bonds. The molecular formula is C18H13ClN4OS2. The van der Waals surface area contributed by atoms with Crippen molar-refractivity contribution in [2.24, 2.45) is 0 Å².